The number of hydrogen-bond acceptors (Lipinski definition) is 1. The molecule has 0 amide bonds. The molecule has 0 bridgehead atoms. The second kappa shape index (κ2) is 3.83. The minimum atomic E-state index is 0.118. The predicted molar refractivity (Wildman–Crippen MR) is 43.9 cm³/mol. The second-order valence-electron chi connectivity index (χ2n) is 3.53. The van der Waals surface area contributed by atoms with Gasteiger partial charge in [0.25, 0.3) is 0 Å². The maximum atomic E-state index is 8.27. The summed E-state index contributed by atoms with van der Waals surface area (Å²) in [5.74, 6) is 0. The Morgan fingerprint density at radius 2 is 2.00 bits per heavy atom. The Labute approximate surface area is 68.0 Å². The molecule has 0 N–H and O–H groups in total. The van der Waals surface area contributed by atoms with Crippen LogP contribution in [0.4, 0.5) is 0 Å². The molecule has 0 aromatic carbocycles. The molecule has 0 radical (unpaired) electrons. The van der Waals surface area contributed by atoms with Gasteiger partial charge >= 0.3 is 0 Å². The highest BCUT2D eigenvalue weighted by Crippen LogP contribution is 2.27. The van der Waals surface area contributed by atoms with Gasteiger partial charge in [-0.05, 0) is 11.8 Å². The van der Waals surface area contributed by atoms with Gasteiger partial charge in [0.2, 0.25) is 0 Å². The summed E-state index contributed by atoms with van der Waals surface area (Å²) >= 11 is 5.98. The standard InChI is InChI=1S/C8H14ClN/c1-8(2,3)7(9)5-4-6-10/h7H,4-5H2,1-3H3. The first kappa shape index (κ1) is 9.78. The van der Waals surface area contributed by atoms with Crippen molar-refractivity contribution < 1.29 is 0 Å². The molecule has 0 aliphatic rings. The van der Waals surface area contributed by atoms with Crippen molar-refractivity contribution in [3.63, 3.8) is 0 Å². The molecule has 0 aliphatic heterocycles. The quantitative estimate of drug-likeness (QED) is 0.569. The molecule has 0 aliphatic carbocycles. The van der Waals surface area contributed by atoms with Crippen LogP contribution in [0.25, 0.3) is 0 Å². The topological polar surface area (TPSA) is 23.8 Å². The highest BCUT2D eigenvalue weighted by Gasteiger charge is 2.21. The van der Waals surface area contributed by atoms with Crippen LogP contribution in [0.5, 0.6) is 0 Å². The molecular formula is C8H14ClN. The number of halogens is 1. The van der Waals surface area contributed by atoms with Gasteiger partial charge in [-0.15, -0.1) is 11.6 Å². The van der Waals surface area contributed by atoms with Crippen molar-refractivity contribution in [2.24, 2.45) is 5.41 Å². The van der Waals surface area contributed by atoms with Gasteiger partial charge in [0.1, 0.15) is 0 Å². The zero-order chi connectivity index (χ0) is 8.20. The second-order valence-corrected chi connectivity index (χ2v) is 4.06. The third-order valence-corrected chi connectivity index (χ3v) is 2.32. The molecule has 0 spiro atoms. The first-order chi connectivity index (χ1) is 4.48. The Morgan fingerprint density at radius 1 is 1.50 bits per heavy atom. The fraction of sp³-hybridized carbons (Fsp3) is 0.875. The van der Waals surface area contributed by atoms with Gasteiger partial charge in [0.15, 0.2) is 0 Å². The number of rotatable bonds is 2. The van der Waals surface area contributed by atoms with Crippen molar-refractivity contribution in [1.82, 2.24) is 0 Å². The summed E-state index contributed by atoms with van der Waals surface area (Å²) in [5.41, 5.74) is 0.123. The average Bonchev–Trinajstić information content (AvgIpc) is 1.80. The van der Waals surface area contributed by atoms with Crippen LogP contribution < -0.4 is 0 Å². The van der Waals surface area contributed by atoms with Crippen molar-refractivity contribution in [1.29, 1.82) is 5.26 Å². The molecule has 0 saturated carbocycles. The van der Waals surface area contributed by atoms with Crippen molar-refractivity contribution in [3.05, 3.63) is 0 Å². The molecule has 1 unspecified atom stereocenters. The number of hydrogen-bond donors (Lipinski definition) is 0. The average molecular weight is 160 g/mol. The molecule has 10 heavy (non-hydrogen) atoms. The van der Waals surface area contributed by atoms with E-state index in [1.54, 1.807) is 0 Å². The van der Waals surface area contributed by atoms with Gasteiger partial charge in [0, 0.05) is 11.8 Å². The summed E-state index contributed by atoms with van der Waals surface area (Å²) in [5, 5.41) is 8.39. The first-order valence-corrected chi connectivity index (χ1v) is 3.93. The van der Waals surface area contributed by atoms with E-state index in [1.807, 2.05) is 0 Å². The lowest BCUT2D eigenvalue weighted by molar-refractivity contribution is 0.376. The summed E-state index contributed by atoms with van der Waals surface area (Å²) in [6, 6.07) is 2.09. The Hall–Kier alpha value is -0.220. The summed E-state index contributed by atoms with van der Waals surface area (Å²) in [6.07, 6.45) is 1.35. The van der Waals surface area contributed by atoms with E-state index in [1.165, 1.54) is 0 Å². The summed E-state index contributed by atoms with van der Waals surface area (Å²) in [4.78, 5) is 0. The van der Waals surface area contributed by atoms with Crippen LogP contribution in [0.15, 0.2) is 0 Å². The number of alkyl halides is 1. The Balaban J connectivity index is 3.65. The van der Waals surface area contributed by atoms with Crippen LogP contribution in [0.1, 0.15) is 33.6 Å². The normalized spacial score (nSPS) is 14.3. The largest absolute Gasteiger partial charge is 0.198 e. The molecule has 0 rings (SSSR count). The van der Waals surface area contributed by atoms with E-state index in [2.05, 4.69) is 26.8 Å². The monoisotopic (exact) mass is 159 g/mol. The van der Waals surface area contributed by atoms with Crippen LogP contribution in [-0.4, -0.2) is 5.38 Å². The fourth-order valence-corrected chi connectivity index (χ4v) is 0.733. The predicted octanol–water partition coefficient (Wildman–Crippen LogP) is 2.94. The fourth-order valence-electron chi connectivity index (χ4n) is 0.624. The van der Waals surface area contributed by atoms with Gasteiger partial charge in [-0.25, -0.2) is 0 Å². The zero-order valence-electron chi connectivity index (χ0n) is 6.82. The lowest BCUT2D eigenvalue weighted by Gasteiger charge is -2.23. The molecule has 1 nitrogen and oxygen atoms in total. The van der Waals surface area contributed by atoms with Gasteiger partial charge in [-0.3, -0.25) is 0 Å². The lowest BCUT2D eigenvalue weighted by Crippen LogP contribution is -2.20. The van der Waals surface area contributed by atoms with Gasteiger partial charge < -0.3 is 0 Å². The minimum Gasteiger partial charge on any atom is -0.198 e. The Bertz CT molecular complexity index is 129. The summed E-state index contributed by atoms with van der Waals surface area (Å²) in [7, 11) is 0. The molecule has 0 aromatic heterocycles. The first-order valence-electron chi connectivity index (χ1n) is 3.49. The highest BCUT2D eigenvalue weighted by atomic mass is 35.5. The molecule has 0 fully saturated rings. The van der Waals surface area contributed by atoms with Crippen LogP contribution >= 0.6 is 11.6 Å². The van der Waals surface area contributed by atoms with Crippen molar-refractivity contribution in [3.8, 4) is 6.07 Å². The summed E-state index contributed by atoms with van der Waals surface area (Å²) in [6.45, 7) is 6.26. The zero-order valence-corrected chi connectivity index (χ0v) is 7.57. The van der Waals surface area contributed by atoms with Gasteiger partial charge in [-0.1, -0.05) is 20.8 Å². The van der Waals surface area contributed by atoms with E-state index in [-0.39, 0.29) is 10.8 Å². The van der Waals surface area contributed by atoms with E-state index < -0.39 is 0 Å². The molecule has 0 saturated heterocycles. The van der Waals surface area contributed by atoms with Crippen LogP contribution in [0.2, 0.25) is 0 Å². The molecule has 1 atom stereocenters. The number of nitrogens with zero attached hydrogens (tertiary/aromatic N) is 1. The van der Waals surface area contributed by atoms with Crippen molar-refractivity contribution in [2.75, 3.05) is 0 Å². The lowest BCUT2D eigenvalue weighted by atomic mass is 9.89. The molecular weight excluding hydrogens is 146 g/mol. The Morgan fingerprint density at radius 3 is 2.30 bits per heavy atom. The maximum absolute atomic E-state index is 8.27. The van der Waals surface area contributed by atoms with Gasteiger partial charge in [-0.2, -0.15) is 5.26 Å². The van der Waals surface area contributed by atoms with Gasteiger partial charge in [0.05, 0.1) is 6.07 Å². The Kier molecular flexibility index (Phi) is 3.75. The van der Waals surface area contributed by atoms with Crippen LogP contribution in [-0.2, 0) is 0 Å². The minimum absolute atomic E-state index is 0.118. The third kappa shape index (κ3) is 3.74. The number of nitriles is 1. The maximum Gasteiger partial charge on any atom is 0.0622 e. The van der Waals surface area contributed by atoms with E-state index in [9.17, 15) is 0 Å². The summed E-state index contributed by atoms with van der Waals surface area (Å²) < 4.78 is 0. The smallest absolute Gasteiger partial charge is 0.0622 e. The molecule has 58 valence electrons. The van der Waals surface area contributed by atoms with E-state index in [4.69, 9.17) is 16.9 Å². The van der Waals surface area contributed by atoms with Crippen molar-refractivity contribution >= 4 is 11.6 Å². The molecule has 2 heteroatoms. The van der Waals surface area contributed by atoms with Crippen molar-refractivity contribution in [2.45, 2.75) is 39.0 Å². The van der Waals surface area contributed by atoms with E-state index >= 15 is 0 Å². The SMILES string of the molecule is CC(C)(C)C(Cl)CCC#N. The van der Waals surface area contributed by atoms with Crippen LogP contribution in [0, 0.1) is 16.7 Å². The molecule has 0 aromatic rings. The third-order valence-electron chi connectivity index (χ3n) is 1.45. The van der Waals surface area contributed by atoms with E-state index in [0.29, 0.717) is 6.42 Å². The molecule has 0 heterocycles. The highest BCUT2D eigenvalue weighted by molar-refractivity contribution is 6.21. The van der Waals surface area contributed by atoms with Crippen LogP contribution in [0.3, 0.4) is 0 Å². The van der Waals surface area contributed by atoms with E-state index in [0.717, 1.165) is 6.42 Å².